The van der Waals surface area contributed by atoms with E-state index >= 15 is 0 Å². The van der Waals surface area contributed by atoms with E-state index in [1.165, 1.54) is 75.7 Å². The van der Waals surface area contributed by atoms with Crippen LogP contribution in [0.1, 0.15) is 0 Å². The first-order valence-corrected chi connectivity index (χ1v) is 19.8. The van der Waals surface area contributed by atoms with Gasteiger partial charge in [-0.15, -0.1) is 0 Å². The molecule has 0 saturated heterocycles. The SMILES string of the molecule is c1cc(-n2c3ccccc3c3ccc4ccccc4c32)c2cc3c4ccccc4n(-c4nc(-c5ccc6c(ccc7ccccc76)c5)nc5ccccc45)c3cc2c1. The van der Waals surface area contributed by atoms with E-state index in [1.807, 2.05) is 0 Å². The van der Waals surface area contributed by atoms with Crippen molar-refractivity contribution in [1.29, 1.82) is 0 Å². The van der Waals surface area contributed by atoms with E-state index in [0.717, 1.165) is 39.0 Å². The van der Waals surface area contributed by atoms with E-state index in [0.29, 0.717) is 5.82 Å². The van der Waals surface area contributed by atoms with Crippen LogP contribution in [0, 0.1) is 0 Å². The fourth-order valence-corrected chi connectivity index (χ4v) is 9.64. The highest BCUT2D eigenvalue weighted by atomic mass is 15.1. The van der Waals surface area contributed by atoms with Gasteiger partial charge in [-0.3, -0.25) is 4.57 Å². The molecule has 10 aromatic carbocycles. The van der Waals surface area contributed by atoms with Crippen LogP contribution < -0.4 is 0 Å². The molecule has 13 rings (SSSR count). The summed E-state index contributed by atoms with van der Waals surface area (Å²) in [5.74, 6) is 1.58. The minimum atomic E-state index is 0.705. The van der Waals surface area contributed by atoms with Crippen LogP contribution in [-0.4, -0.2) is 19.1 Å². The van der Waals surface area contributed by atoms with Gasteiger partial charge in [0.25, 0.3) is 0 Å². The fraction of sp³-hybridized carbons (Fsp3) is 0. The second kappa shape index (κ2) is 11.8. The van der Waals surface area contributed by atoms with Gasteiger partial charge in [0.2, 0.25) is 0 Å². The van der Waals surface area contributed by atoms with Crippen molar-refractivity contribution in [2.24, 2.45) is 0 Å². The first kappa shape index (κ1) is 31.4. The molecule has 0 aliphatic heterocycles. The lowest BCUT2D eigenvalue weighted by atomic mass is 10.00. The number of hydrogen-bond donors (Lipinski definition) is 0. The van der Waals surface area contributed by atoms with E-state index in [9.17, 15) is 0 Å². The highest BCUT2D eigenvalue weighted by Crippen LogP contribution is 2.42. The average molecular weight is 737 g/mol. The van der Waals surface area contributed by atoms with Crippen molar-refractivity contribution < 1.29 is 0 Å². The third-order valence-electron chi connectivity index (χ3n) is 12.2. The molecule has 0 fully saturated rings. The quantitative estimate of drug-likeness (QED) is 0.169. The van der Waals surface area contributed by atoms with Crippen LogP contribution in [0.4, 0.5) is 0 Å². The van der Waals surface area contributed by atoms with E-state index in [2.05, 4.69) is 203 Å². The number of aromatic nitrogens is 4. The summed E-state index contributed by atoms with van der Waals surface area (Å²) in [4.78, 5) is 10.6. The van der Waals surface area contributed by atoms with Gasteiger partial charge in [0.1, 0.15) is 5.82 Å². The standard InChI is InChI=1S/C54H32N4/c1-3-15-38-33(12-1)24-25-36-30-37(27-28-39(36)38)53-55-47-20-8-5-19-44(47)54(56-53)58-49-22-10-7-18-42(49)46-32-45-35(31-51(46)58)14-11-23-50(45)57-48-21-9-6-17-41(48)43-29-26-34-13-2-4-16-40(34)52(43)57/h1-32H. The monoisotopic (exact) mass is 736 g/mol. The van der Waals surface area contributed by atoms with Crippen molar-refractivity contribution >= 4 is 97.6 Å². The second-order valence-corrected chi connectivity index (χ2v) is 15.4. The molecule has 4 nitrogen and oxygen atoms in total. The molecule has 0 aliphatic carbocycles. The minimum Gasteiger partial charge on any atom is -0.308 e. The van der Waals surface area contributed by atoms with E-state index in [4.69, 9.17) is 9.97 Å². The van der Waals surface area contributed by atoms with Gasteiger partial charge in [0, 0.05) is 43.3 Å². The van der Waals surface area contributed by atoms with Crippen molar-refractivity contribution in [1.82, 2.24) is 19.1 Å². The molecule has 0 unspecified atom stereocenters. The van der Waals surface area contributed by atoms with Crippen molar-refractivity contribution in [2.75, 3.05) is 0 Å². The number of rotatable bonds is 3. The zero-order chi connectivity index (χ0) is 37.9. The average Bonchev–Trinajstić information content (AvgIpc) is 3.80. The topological polar surface area (TPSA) is 35.6 Å². The molecule has 0 saturated carbocycles. The maximum atomic E-state index is 5.47. The lowest BCUT2D eigenvalue weighted by Crippen LogP contribution is -2.03. The lowest BCUT2D eigenvalue weighted by molar-refractivity contribution is 1.08. The summed E-state index contributed by atoms with van der Waals surface area (Å²) < 4.78 is 4.84. The van der Waals surface area contributed by atoms with Gasteiger partial charge in [0.05, 0.1) is 33.3 Å². The number of para-hydroxylation sites is 3. The first-order valence-electron chi connectivity index (χ1n) is 19.8. The molecular weight excluding hydrogens is 705 g/mol. The summed E-state index contributed by atoms with van der Waals surface area (Å²) in [7, 11) is 0. The van der Waals surface area contributed by atoms with Crippen molar-refractivity contribution in [2.45, 2.75) is 0 Å². The molecule has 13 aromatic rings. The third kappa shape index (κ3) is 4.40. The zero-order valence-electron chi connectivity index (χ0n) is 31.3. The highest BCUT2D eigenvalue weighted by molar-refractivity contribution is 6.20. The number of nitrogens with zero attached hydrogens (tertiary/aromatic N) is 4. The molecule has 4 heteroatoms. The Kier molecular flexibility index (Phi) is 6.41. The van der Waals surface area contributed by atoms with Crippen molar-refractivity contribution in [3.05, 3.63) is 194 Å². The van der Waals surface area contributed by atoms with Gasteiger partial charge in [-0.25, -0.2) is 9.97 Å². The van der Waals surface area contributed by atoms with Gasteiger partial charge in [-0.1, -0.05) is 146 Å². The van der Waals surface area contributed by atoms with Crippen molar-refractivity contribution in [3.63, 3.8) is 0 Å². The van der Waals surface area contributed by atoms with Gasteiger partial charge < -0.3 is 4.57 Å². The highest BCUT2D eigenvalue weighted by Gasteiger charge is 2.21. The Balaban J connectivity index is 1.09. The van der Waals surface area contributed by atoms with Gasteiger partial charge in [0.15, 0.2) is 5.82 Å². The predicted molar refractivity (Wildman–Crippen MR) is 244 cm³/mol. The molecule has 0 aliphatic rings. The summed E-state index contributed by atoms with van der Waals surface area (Å²) in [6.07, 6.45) is 0. The Hall–Kier alpha value is -7.82. The molecule has 0 radical (unpaired) electrons. The van der Waals surface area contributed by atoms with Crippen LogP contribution >= 0.6 is 0 Å². The Labute approximate surface area is 332 Å². The lowest BCUT2D eigenvalue weighted by Gasteiger charge is -2.15. The van der Waals surface area contributed by atoms with Crippen LogP contribution in [0.15, 0.2) is 194 Å². The molecular formula is C54H32N4. The normalized spacial score (nSPS) is 12.1. The second-order valence-electron chi connectivity index (χ2n) is 15.4. The molecule has 268 valence electrons. The molecule has 0 N–H and O–H groups in total. The van der Waals surface area contributed by atoms with Crippen molar-refractivity contribution in [3.8, 4) is 22.9 Å². The Morgan fingerprint density at radius 2 is 0.897 bits per heavy atom. The Bertz CT molecular complexity index is 3870. The smallest absolute Gasteiger partial charge is 0.162 e. The minimum absolute atomic E-state index is 0.705. The fourth-order valence-electron chi connectivity index (χ4n) is 9.64. The van der Waals surface area contributed by atoms with Crippen LogP contribution in [0.25, 0.3) is 120 Å². The largest absolute Gasteiger partial charge is 0.308 e. The number of fused-ring (bicyclic) bond motifs is 13. The maximum absolute atomic E-state index is 5.47. The summed E-state index contributed by atoms with van der Waals surface area (Å²) >= 11 is 0. The van der Waals surface area contributed by atoms with Gasteiger partial charge in [-0.2, -0.15) is 0 Å². The molecule has 3 heterocycles. The molecule has 58 heavy (non-hydrogen) atoms. The maximum Gasteiger partial charge on any atom is 0.162 e. The molecule has 3 aromatic heterocycles. The third-order valence-corrected chi connectivity index (χ3v) is 12.2. The zero-order valence-corrected chi connectivity index (χ0v) is 31.3. The Morgan fingerprint density at radius 3 is 1.74 bits per heavy atom. The summed E-state index contributed by atoms with van der Waals surface area (Å²) in [6, 6.07) is 70.3. The number of benzene rings is 10. The first-order chi connectivity index (χ1) is 28.8. The van der Waals surface area contributed by atoms with Crippen LogP contribution in [-0.2, 0) is 0 Å². The summed E-state index contributed by atoms with van der Waals surface area (Å²) in [6.45, 7) is 0. The van der Waals surface area contributed by atoms with Crippen LogP contribution in [0.2, 0.25) is 0 Å². The van der Waals surface area contributed by atoms with E-state index in [1.54, 1.807) is 0 Å². The molecule has 0 bridgehead atoms. The van der Waals surface area contributed by atoms with Gasteiger partial charge >= 0.3 is 0 Å². The summed E-state index contributed by atoms with van der Waals surface area (Å²) in [5, 5.41) is 15.6. The molecule has 0 spiro atoms. The Morgan fingerprint density at radius 1 is 0.310 bits per heavy atom. The van der Waals surface area contributed by atoms with Crippen LogP contribution in [0.5, 0.6) is 0 Å². The molecule has 0 atom stereocenters. The van der Waals surface area contributed by atoms with Gasteiger partial charge in [-0.05, 0) is 80.8 Å². The van der Waals surface area contributed by atoms with Crippen LogP contribution in [0.3, 0.4) is 0 Å². The number of hydrogen-bond acceptors (Lipinski definition) is 2. The molecule has 0 amide bonds. The van der Waals surface area contributed by atoms with E-state index in [-0.39, 0.29) is 0 Å². The van der Waals surface area contributed by atoms with E-state index < -0.39 is 0 Å². The predicted octanol–water partition coefficient (Wildman–Crippen LogP) is 14.1. The summed E-state index contributed by atoms with van der Waals surface area (Å²) in [5.41, 5.74) is 7.72.